The van der Waals surface area contributed by atoms with Crippen LogP contribution in [-0.4, -0.2) is 14.2 Å². The van der Waals surface area contributed by atoms with Crippen molar-refractivity contribution in [2.75, 3.05) is 14.2 Å². The van der Waals surface area contributed by atoms with Crippen molar-refractivity contribution in [3.05, 3.63) is 59.2 Å². The summed E-state index contributed by atoms with van der Waals surface area (Å²) >= 11 is 0. The van der Waals surface area contributed by atoms with Crippen LogP contribution in [0, 0.1) is 0 Å². The van der Waals surface area contributed by atoms with Crippen LogP contribution in [0.3, 0.4) is 0 Å². The lowest BCUT2D eigenvalue weighted by molar-refractivity contribution is 0.382. The molecule has 0 aliphatic carbocycles. The highest BCUT2D eigenvalue weighted by Gasteiger charge is 2.15. The molecule has 2 aromatic carbocycles. The molecular formula is C20H24O2. The van der Waals surface area contributed by atoms with Crippen LogP contribution in [0.25, 0.3) is 11.6 Å². The summed E-state index contributed by atoms with van der Waals surface area (Å²) in [5.41, 5.74) is 4.62. The maximum absolute atomic E-state index is 5.57. The van der Waals surface area contributed by atoms with Gasteiger partial charge < -0.3 is 9.47 Å². The normalized spacial score (nSPS) is 11.6. The molecule has 2 aromatic rings. The second kappa shape index (κ2) is 7.17. The Balaban J connectivity index is 2.48. The van der Waals surface area contributed by atoms with Gasteiger partial charge in [-0.05, 0) is 41.7 Å². The van der Waals surface area contributed by atoms with Crippen LogP contribution in [0.4, 0.5) is 0 Å². The largest absolute Gasteiger partial charge is 0.496 e. The molecule has 2 heteroatoms. The zero-order chi connectivity index (χ0) is 16.1. The monoisotopic (exact) mass is 296 g/mol. The van der Waals surface area contributed by atoms with Crippen molar-refractivity contribution in [2.45, 2.75) is 26.7 Å². The number of rotatable bonds is 5. The zero-order valence-corrected chi connectivity index (χ0v) is 14.0. The van der Waals surface area contributed by atoms with Gasteiger partial charge in [-0.2, -0.15) is 0 Å². The van der Waals surface area contributed by atoms with E-state index in [1.807, 2.05) is 6.07 Å². The summed E-state index contributed by atoms with van der Waals surface area (Å²) in [5, 5.41) is 0. The minimum Gasteiger partial charge on any atom is -0.496 e. The molecule has 0 atom stereocenters. The first-order valence-electron chi connectivity index (χ1n) is 7.56. The van der Waals surface area contributed by atoms with E-state index in [4.69, 9.17) is 9.47 Å². The highest BCUT2D eigenvalue weighted by atomic mass is 16.5. The van der Waals surface area contributed by atoms with E-state index in [9.17, 15) is 0 Å². The predicted octanol–water partition coefficient (Wildman–Crippen LogP) is 5.39. The number of allylic oxidation sites excluding steroid dienone is 1. The van der Waals surface area contributed by atoms with Crippen molar-refractivity contribution in [1.82, 2.24) is 0 Å². The molecule has 2 nitrogen and oxygen atoms in total. The average Bonchev–Trinajstić information content (AvgIpc) is 2.54. The van der Waals surface area contributed by atoms with E-state index < -0.39 is 0 Å². The van der Waals surface area contributed by atoms with Crippen LogP contribution < -0.4 is 9.47 Å². The van der Waals surface area contributed by atoms with Crippen LogP contribution >= 0.6 is 0 Å². The molecule has 0 unspecified atom stereocenters. The van der Waals surface area contributed by atoms with Gasteiger partial charge in [-0.15, -0.1) is 0 Å². The predicted molar refractivity (Wildman–Crippen MR) is 93.6 cm³/mol. The molecule has 116 valence electrons. The Bertz CT molecular complexity index is 630. The van der Waals surface area contributed by atoms with Gasteiger partial charge >= 0.3 is 0 Å². The van der Waals surface area contributed by atoms with Gasteiger partial charge in [0.05, 0.1) is 14.2 Å². The third-order valence-corrected chi connectivity index (χ3v) is 3.76. The molecule has 0 aliphatic heterocycles. The molecule has 2 rings (SSSR count). The summed E-state index contributed by atoms with van der Waals surface area (Å²) in [6, 6.07) is 14.5. The Labute approximate surface area is 133 Å². The molecule has 0 radical (unpaired) electrons. The van der Waals surface area contributed by atoms with E-state index in [2.05, 4.69) is 63.2 Å². The van der Waals surface area contributed by atoms with Crippen molar-refractivity contribution in [2.24, 2.45) is 0 Å². The molecule has 0 saturated carbocycles. The molecule has 0 bridgehead atoms. The van der Waals surface area contributed by atoms with Gasteiger partial charge in [0.25, 0.3) is 0 Å². The van der Waals surface area contributed by atoms with Crippen LogP contribution in [-0.2, 0) is 0 Å². The molecule has 0 amide bonds. The topological polar surface area (TPSA) is 18.5 Å². The Hall–Kier alpha value is -2.22. The van der Waals surface area contributed by atoms with Gasteiger partial charge in [-0.1, -0.05) is 50.3 Å². The van der Waals surface area contributed by atoms with E-state index in [0.29, 0.717) is 5.92 Å². The van der Waals surface area contributed by atoms with Gasteiger partial charge in [-0.25, -0.2) is 0 Å². The number of hydrogen-bond acceptors (Lipinski definition) is 2. The van der Waals surface area contributed by atoms with Gasteiger partial charge in [0.1, 0.15) is 11.5 Å². The van der Waals surface area contributed by atoms with Crippen LogP contribution in [0.1, 0.15) is 43.4 Å². The van der Waals surface area contributed by atoms with Crippen LogP contribution in [0.15, 0.2) is 42.5 Å². The fourth-order valence-corrected chi connectivity index (χ4v) is 2.65. The van der Waals surface area contributed by atoms with Gasteiger partial charge in [-0.3, -0.25) is 0 Å². The standard InChI is InChI=1S/C20H24O2/c1-14(2)20-18(21-4)12-16(13-19(20)22-5)11-15(3)17-9-7-6-8-10-17/h6-14H,1-5H3. The summed E-state index contributed by atoms with van der Waals surface area (Å²) < 4.78 is 11.1. The smallest absolute Gasteiger partial charge is 0.126 e. The van der Waals surface area contributed by atoms with E-state index in [-0.39, 0.29) is 0 Å². The van der Waals surface area contributed by atoms with Crippen molar-refractivity contribution in [1.29, 1.82) is 0 Å². The molecule has 0 aromatic heterocycles. The van der Waals surface area contributed by atoms with Crippen LogP contribution in [0.5, 0.6) is 11.5 Å². The molecule has 0 N–H and O–H groups in total. The lowest BCUT2D eigenvalue weighted by Gasteiger charge is -2.17. The summed E-state index contributed by atoms with van der Waals surface area (Å²) in [6.45, 7) is 6.40. The van der Waals surface area contributed by atoms with Crippen molar-refractivity contribution in [3.8, 4) is 11.5 Å². The Kier molecular flexibility index (Phi) is 5.26. The summed E-state index contributed by atoms with van der Waals surface area (Å²) in [6.07, 6.45) is 2.16. The first-order valence-corrected chi connectivity index (χ1v) is 7.56. The molecule has 22 heavy (non-hydrogen) atoms. The lowest BCUT2D eigenvalue weighted by atomic mass is 9.97. The molecule has 0 spiro atoms. The third-order valence-electron chi connectivity index (χ3n) is 3.76. The maximum Gasteiger partial charge on any atom is 0.126 e. The second-order valence-electron chi connectivity index (χ2n) is 5.69. The first kappa shape index (κ1) is 16.2. The van der Waals surface area contributed by atoms with Gasteiger partial charge in [0.2, 0.25) is 0 Å². The quantitative estimate of drug-likeness (QED) is 0.689. The van der Waals surface area contributed by atoms with E-state index in [1.54, 1.807) is 14.2 Å². The minimum atomic E-state index is 0.346. The molecular weight excluding hydrogens is 272 g/mol. The fraction of sp³-hybridized carbons (Fsp3) is 0.300. The summed E-state index contributed by atoms with van der Waals surface area (Å²) in [4.78, 5) is 0. The third kappa shape index (κ3) is 3.51. The van der Waals surface area contributed by atoms with Crippen molar-refractivity contribution >= 4 is 11.6 Å². The maximum atomic E-state index is 5.57. The molecule has 0 saturated heterocycles. The number of hydrogen-bond donors (Lipinski definition) is 0. The first-order chi connectivity index (χ1) is 10.6. The second-order valence-corrected chi connectivity index (χ2v) is 5.69. The number of ether oxygens (including phenoxy) is 2. The Morgan fingerprint density at radius 1 is 0.955 bits per heavy atom. The summed E-state index contributed by atoms with van der Waals surface area (Å²) in [5.74, 6) is 2.10. The lowest BCUT2D eigenvalue weighted by Crippen LogP contribution is -1.99. The number of benzene rings is 2. The molecule has 0 aliphatic rings. The highest BCUT2D eigenvalue weighted by molar-refractivity contribution is 5.81. The van der Waals surface area contributed by atoms with Crippen molar-refractivity contribution < 1.29 is 9.47 Å². The SMILES string of the molecule is COc1cc(C=C(C)c2ccccc2)cc(OC)c1C(C)C. The average molecular weight is 296 g/mol. The van der Waals surface area contributed by atoms with Crippen molar-refractivity contribution in [3.63, 3.8) is 0 Å². The summed E-state index contributed by atoms with van der Waals surface area (Å²) in [7, 11) is 3.41. The Morgan fingerprint density at radius 2 is 1.50 bits per heavy atom. The van der Waals surface area contributed by atoms with Gasteiger partial charge in [0.15, 0.2) is 0 Å². The zero-order valence-electron chi connectivity index (χ0n) is 14.0. The van der Waals surface area contributed by atoms with Gasteiger partial charge in [0, 0.05) is 5.56 Å². The highest BCUT2D eigenvalue weighted by Crippen LogP contribution is 2.37. The van der Waals surface area contributed by atoms with E-state index >= 15 is 0 Å². The molecule has 0 heterocycles. The Morgan fingerprint density at radius 3 is 1.95 bits per heavy atom. The fourth-order valence-electron chi connectivity index (χ4n) is 2.65. The van der Waals surface area contributed by atoms with Crippen LogP contribution in [0.2, 0.25) is 0 Å². The molecule has 0 fully saturated rings. The van der Waals surface area contributed by atoms with E-state index in [1.165, 1.54) is 11.1 Å². The van der Waals surface area contributed by atoms with E-state index in [0.717, 1.165) is 22.6 Å². The minimum absolute atomic E-state index is 0.346. The number of methoxy groups -OCH3 is 2.